The summed E-state index contributed by atoms with van der Waals surface area (Å²) >= 11 is 2.93. The van der Waals surface area contributed by atoms with E-state index in [4.69, 9.17) is 4.74 Å². The van der Waals surface area contributed by atoms with Crippen molar-refractivity contribution in [3.05, 3.63) is 56.4 Å². The molecule has 0 amide bonds. The third-order valence-corrected chi connectivity index (χ3v) is 3.12. The highest BCUT2D eigenvalue weighted by Crippen LogP contribution is 2.22. The molecule has 1 aromatic carbocycles. The molecule has 0 N–H and O–H groups in total. The summed E-state index contributed by atoms with van der Waals surface area (Å²) in [5.74, 6) is -2.57. The Hall–Kier alpha value is -2.09. The Bertz CT molecular complexity index is 762. The first-order valence-corrected chi connectivity index (χ1v) is 6.65. The van der Waals surface area contributed by atoms with Crippen LogP contribution < -0.4 is 5.43 Å². The van der Waals surface area contributed by atoms with Crippen molar-refractivity contribution in [3.8, 4) is 5.69 Å². The number of carbonyl (C=O) groups excluding carboxylic acids is 1. The molecule has 0 bridgehead atoms. The average molecular weight is 359 g/mol. The number of ether oxygens (including phenoxy) is 1. The van der Waals surface area contributed by atoms with Crippen LogP contribution in [0.2, 0.25) is 0 Å². The first-order chi connectivity index (χ1) is 9.93. The van der Waals surface area contributed by atoms with Crippen LogP contribution in [0.25, 0.3) is 5.69 Å². The van der Waals surface area contributed by atoms with E-state index in [1.807, 2.05) is 0 Å². The van der Waals surface area contributed by atoms with Crippen LogP contribution in [0.15, 0.2) is 33.7 Å². The maximum absolute atomic E-state index is 13.8. The summed E-state index contributed by atoms with van der Waals surface area (Å²) in [6.45, 7) is 1.65. The van der Waals surface area contributed by atoms with Gasteiger partial charge in [-0.25, -0.2) is 18.3 Å². The third kappa shape index (κ3) is 3.15. The summed E-state index contributed by atoms with van der Waals surface area (Å²) in [6.07, 6.45) is 1.17. The number of hydrogen-bond donors (Lipinski definition) is 0. The number of rotatable bonds is 3. The molecule has 0 aliphatic heterocycles. The van der Waals surface area contributed by atoms with Crippen LogP contribution in [0.3, 0.4) is 0 Å². The number of benzene rings is 1. The van der Waals surface area contributed by atoms with Crippen LogP contribution in [0.4, 0.5) is 8.78 Å². The number of nitrogens with zero attached hydrogens (tertiary/aromatic N) is 2. The van der Waals surface area contributed by atoms with Gasteiger partial charge in [0.2, 0.25) is 11.1 Å². The number of hydrogen-bond acceptors (Lipinski definition) is 4. The van der Waals surface area contributed by atoms with Gasteiger partial charge in [0.05, 0.1) is 11.1 Å². The smallest absolute Gasteiger partial charge is 0.362 e. The highest BCUT2D eigenvalue weighted by Gasteiger charge is 2.16. The predicted molar refractivity (Wildman–Crippen MR) is 73.4 cm³/mol. The minimum atomic E-state index is -0.904. The van der Waals surface area contributed by atoms with Crippen molar-refractivity contribution in [1.29, 1.82) is 0 Å². The number of carbonyl (C=O) groups is 1. The molecule has 1 aromatic heterocycles. The molecule has 8 heteroatoms. The Morgan fingerprint density at radius 2 is 2.10 bits per heavy atom. The second-order valence-corrected chi connectivity index (χ2v) is 4.77. The molecule has 0 aliphatic rings. The van der Waals surface area contributed by atoms with Crippen molar-refractivity contribution in [2.45, 2.75) is 6.92 Å². The topological polar surface area (TPSA) is 61.2 Å². The molecule has 0 saturated heterocycles. The molecule has 0 aliphatic carbocycles. The van der Waals surface area contributed by atoms with Crippen LogP contribution in [0.1, 0.15) is 17.4 Å². The molecule has 0 spiro atoms. The standard InChI is InChI=1S/C13H9BrF2N2O3/c1-2-21-13(20)12-11(19)3-4-18(17-12)10-5-7(14)8(15)6-9(10)16/h3-6H,2H2,1H3. The quantitative estimate of drug-likeness (QED) is 0.624. The normalized spacial score (nSPS) is 10.5. The van der Waals surface area contributed by atoms with E-state index >= 15 is 0 Å². The van der Waals surface area contributed by atoms with E-state index < -0.39 is 28.7 Å². The molecule has 0 atom stereocenters. The first-order valence-electron chi connectivity index (χ1n) is 5.86. The SMILES string of the molecule is CCOC(=O)c1nn(-c2cc(Br)c(F)cc2F)ccc1=O. The monoisotopic (exact) mass is 358 g/mol. The number of aromatic nitrogens is 2. The van der Waals surface area contributed by atoms with E-state index in [0.29, 0.717) is 6.07 Å². The summed E-state index contributed by atoms with van der Waals surface area (Å²) in [4.78, 5) is 23.2. The maximum atomic E-state index is 13.8. The summed E-state index contributed by atoms with van der Waals surface area (Å²) in [5, 5.41) is 3.74. The molecule has 5 nitrogen and oxygen atoms in total. The summed E-state index contributed by atoms with van der Waals surface area (Å²) in [7, 11) is 0. The lowest BCUT2D eigenvalue weighted by Crippen LogP contribution is -2.22. The van der Waals surface area contributed by atoms with Gasteiger partial charge in [-0.2, -0.15) is 5.10 Å². The molecular formula is C13H9BrF2N2O3. The first kappa shape index (κ1) is 15.3. The maximum Gasteiger partial charge on any atom is 0.362 e. The van der Waals surface area contributed by atoms with Gasteiger partial charge in [-0.3, -0.25) is 4.79 Å². The lowest BCUT2D eigenvalue weighted by Gasteiger charge is -2.09. The van der Waals surface area contributed by atoms with Gasteiger partial charge in [-0.1, -0.05) is 0 Å². The second-order valence-electron chi connectivity index (χ2n) is 3.91. The van der Waals surface area contributed by atoms with Gasteiger partial charge in [0, 0.05) is 18.3 Å². The predicted octanol–water partition coefficient (Wildman–Crippen LogP) is 2.45. The van der Waals surface area contributed by atoms with Gasteiger partial charge in [0.1, 0.15) is 11.5 Å². The lowest BCUT2D eigenvalue weighted by molar-refractivity contribution is 0.0515. The van der Waals surface area contributed by atoms with Crippen molar-refractivity contribution < 1.29 is 18.3 Å². The molecule has 110 valence electrons. The highest BCUT2D eigenvalue weighted by molar-refractivity contribution is 9.10. The third-order valence-electron chi connectivity index (χ3n) is 2.51. The fourth-order valence-corrected chi connectivity index (χ4v) is 1.90. The van der Waals surface area contributed by atoms with E-state index in [9.17, 15) is 18.4 Å². The fourth-order valence-electron chi connectivity index (χ4n) is 1.57. The van der Waals surface area contributed by atoms with Crippen LogP contribution in [0.5, 0.6) is 0 Å². The van der Waals surface area contributed by atoms with Crippen LogP contribution in [0, 0.1) is 11.6 Å². The van der Waals surface area contributed by atoms with E-state index in [-0.39, 0.29) is 16.8 Å². The van der Waals surface area contributed by atoms with Gasteiger partial charge >= 0.3 is 5.97 Å². The van der Waals surface area contributed by atoms with Gasteiger partial charge in [0.15, 0.2) is 5.82 Å². The largest absolute Gasteiger partial charge is 0.461 e. The Kier molecular flexibility index (Phi) is 4.46. The van der Waals surface area contributed by atoms with Crippen LogP contribution >= 0.6 is 15.9 Å². The molecule has 0 saturated carbocycles. The number of halogens is 3. The summed E-state index contributed by atoms with van der Waals surface area (Å²) < 4.78 is 32.7. The molecule has 0 unspecified atom stereocenters. The Labute approximate surface area is 126 Å². The van der Waals surface area contributed by atoms with Crippen molar-refractivity contribution in [2.24, 2.45) is 0 Å². The average Bonchev–Trinajstić information content (AvgIpc) is 2.44. The van der Waals surface area contributed by atoms with E-state index in [1.54, 1.807) is 6.92 Å². The second kappa shape index (κ2) is 6.13. The van der Waals surface area contributed by atoms with Gasteiger partial charge in [-0.15, -0.1) is 0 Å². The van der Waals surface area contributed by atoms with Crippen molar-refractivity contribution in [2.75, 3.05) is 6.61 Å². The lowest BCUT2D eigenvalue weighted by atomic mass is 10.3. The summed E-state index contributed by atoms with van der Waals surface area (Å²) in [6, 6.07) is 2.87. The molecule has 0 radical (unpaired) electrons. The molecule has 2 aromatic rings. The van der Waals surface area contributed by atoms with E-state index in [0.717, 1.165) is 16.8 Å². The van der Waals surface area contributed by atoms with Crippen molar-refractivity contribution in [3.63, 3.8) is 0 Å². The summed E-state index contributed by atoms with van der Waals surface area (Å²) in [5.41, 5.74) is -1.24. The fraction of sp³-hybridized carbons (Fsp3) is 0.154. The Morgan fingerprint density at radius 3 is 2.76 bits per heavy atom. The Morgan fingerprint density at radius 1 is 1.38 bits per heavy atom. The van der Waals surface area contributed by atoms with Gasteiger partial charge in [0.25, 0.3) is 0 Å². The minimum absolute atomic E-state index is 0.0251. The van der Waals surface area contributed by atoms with Gasteiger partial charge < -0.3 is 4.74 Å². The minimum Gasteiger partial charge on any atom is -0.461 e. The molecule has 1 heterocycles. The zero-order chi connectivity index (χ0) is 15.6. The van der Waals surface area contributed by atoms with E-state index in [2.05, 4.69) is 21.0 Å². The van der Waals surface area contributed by atoms with Gasteiger partial charge in [-0.05, 0) is 28.9 Å². The highest BCUT2D eigenvalue weighted by atomic mass is 79.9. The zero-order valence-electron chi connectivity index (χ0n) is 10.8. The van der Waals surface area contributed by atoms with Crippen LogP contribution in [-0.2, 0) is 4.74 Å². The van der Waals surface area contributed by atoms with Crippen LogP contribution in [-0.4, -0.2) is 22.4 Å². The van der Waals surface area contributed by atoms with Crippen molar-refractivity contribution in [1.82, 2.24) is 9.78 Å². The van der Waals surface area contributed by atoms with Crippen molar-refractivity contribution >= 4 is 21.9 Å². The molecule has 21 heavy (non-hydrogen) atoms. The number of esters is 1. The zero-order valence-corrected chi connectivity index (χ0v) is 12.4. The molecule has 0 fully saturated rings. The Balaban J connectivity index is 2.56. The molecule has 2 rings (SSSR count). The molecular weight excluding hydrogens is 350 g/mol. The van der Waals surface area contributed by atoms with E-state index in [1.165, 1.54) is 6.20 Å².